The number of rotatable bonds is 4. The van der Waals surface area contributed by atoms with Crippen LogP contribution >= 0.6 is 23.5 Å². The third kappa shape index (κ3) is 3.64. The van der Waals surface area contributed by atoms with E-state index < -0.39 is 0 Å². The normalized spacial score (nSPS) is 35.9. The van der Waals surface area contributed by atoms with Crippen molar-refractivity contribution < 1.29 is 4.79 Å². The van der Waals surface area contributed by atoms with Crippen molar-refractivity contribution in [1.29, 1.82) is 0 Å². The molecule has 3 fully saturated rings. The second-order valence-corrected chi connectivity index (χ2v) is 8.74. The lowest BCUT2D eigenvalue weighted by Gasteiger charge is -2.35. The Morgan fingerprint density at radius 2 is 1.90 bits per heavy atom. The lowest BCUT2D eigenvalue weighted by atomic mass is 10.0. The lowest BCUT2D eigenvalue weighted by Crippen LogP contribution is -2.50. The maximum Gasteiger partial charge on any atom is 0.231 e. The first-order chi connectivity index (χ1) is 9.72. The number of amides is 1. The lowest BCUT2D eigenvalue weighted by molar-refractivity contribution is -0.119. The molecule has 0 aromatic rings. The van der Waals surface area contributed by atoms with Crippen LogP contribution in [0.1, 0.15) is 25.7 Å². The summed E-state index contributed by atoms with van der Waals surface area (Å²) in [5, 5.41) is 5.63. The van der Waals surface area contributed by atoms with Crippen molar-refractivity contribution in [1.82, 2.24) is 10.2 Å². The summed E-state index contributed by atoms with van der Waals surface area (Å²) >= 11 is 4.37. The van der Waals surface area contributed by atoms with E-state index in [4.69, 9.17) is 5.73 Å². The molecule has 0 spiro atoms. The van der Waals surface area contributed by atoms with Gasteiger partial charge in [-0.15, -0.1) is 0 Å². The van der Waals surface area contributed by atoms with E-state index >= 15 is 0 Å². The van der Waals surface area contributed by atoms with Crippen molar-refractivity contribution in [2.75, 3.05) is 31.1 Å². The summed E-state index contributed by atoms with van der Waals surface area (Å²) < 4.78 is 0. The standard InChI is InChI=1S/C14H25N3OS2/c15-13(18)9-17-5-3-10(4-6-17)16-11-1-2-12-14(11)20-8-7-19-12/h10-12,14,16H,1-9H2,(H2,15,18)/t11-,12+,14+/m1/s1. The van der Waals surface area contributed by atoms with Crippen molar-refractivity contribution >= 4 is 29.4 Å². The Bertz CT molecular complexity index is 347. The Morgan fingerprint density at radius 1 is 1.15 bits per heavy atom. The first kappa shape index (κ1) is 15.0. The molecule has 0 bridgehead atoms. The summed E-state index contributed by atoms with van der Waals surface area (Å²) in [5.74, 6) is 2.45. The van der Waals surface area contributed by atoms with Crippen molar-refractivity contribution in [3.63, 3.8) is 0 Å². The summed E-state index contributed by atoms with van der Waals surface area (Å²) in [5.41, 5.74) is 5.26. The van der Waals surface area contributed by atoms with Gasteiger partial charge >= 0.3 is 0 Å². The fourth-order valence-corrected chi connectivity index (χ4v) is 6.97. The van der Waals surface area contributed by atoms with Gasteiger partial charge in [-0.2, -0.15) is 23.5 Å². The zero-order chi connectivity index (χ0) is 13.9. The predicted octanol–water partition coefficient (Wildman–Crippen LogP) is 0.905. The first-order valence-corrected chi connectivity index (χ1v) is 9.82. The maximum absolute atomic E-state index is 10.9. The number of hydrogen-bond acceptors (Lipinski definition) is 5. The Kier molecular flexibility index (Phi) is 5.18. The van der Waals surface area contributed by atoms with Crippen molar-refractivity contribution in [3.8, 4) is 0 Å². The van der Waals surface area contributed by atoms with Crippen LogP contribution in [0.5, 0.6) is 0 Å². The van der Waals surface area contributed by atoms with Crippen LogP contribution in [0, 0.1) is 0 Å². The summed E-state index contributed by atoms with van der Waals surface area (Å²) in [6.45, 7) is 2.43. The zero-order valence-corrected chi connectivity index (χ0v) is 13.6. The molecule has 1 amide bonds. The van der Waals surface area contributed by atoms with E-state index in [9.17, 15) is 4.79 Å². The molecule has 3 rings (SSSR count). The van der Waals surface area contributed by atoms with Gasteiger partial charge in [0.05, 0.1) is 6.54 Å². The molecule has 2 saturated heterocycles. The van der Waals surface area contributed by atoms with Crippen LogP contribution in [0.25, 0.3) is 0 Å². The average Bonchev–Trinajstić information content (AvgIpc) is 2.84. The highest BCUT2D eigenvalue weighted by Crippen LogP contribution is 2.42. The monoisotopic (exact) mass is 315 g/mol. The molecule has 1 saturated carbocycles. The first-order valence-electron chi connectivity index (χ1n) is 7.72. The number of carbonyl (C=O) groups is 1. The third-order valence-electron chi connectivity index (χ3n) is 4.67. The molecule has 2 heterocycles. The minimum atomic E-state index is -0.203. The van der Waals surface area contributed by atoms with E-state index in [-0.39, 0.29) is 5.91 Å². The van der Waals surface area contributed by atoms with E-state index in [1.165, 1.54) is 24.3 Å². The summed E-state index contributed by atoms with van der Waals surface area (Å²) in [4.78, 5) is 13.1. The second kappa shape index (κ2) is 6.90. The number of nitrogens with zero attached hydrogens (tertiary/aromatic N) is 1. The highest BCUT2D eigenvalue weighted by molar-refractivity contribution is 8.07. The van der Waals surface area contributed by atoms with Crippen LogP contribution in [-0.4, -0.2) is 64.5 Å². The summed E-state index contributed by atoms with van der Waals surface area (Å²) in [7, 11) is 0. The van der Waals surface area contributed by atoms with Crippen LogP contribution < -0.4 is 11.1 Å². The molecule has 4 nitrogen and oxygen atoms in total. The summed E-state index contributed by atoms with van der Waals surface area (Å²) in [6, 6.07) is 1.35. The minimum Gasteiger partial charge on any atom is -0.369 e. The van der Waals surface area contributed by atoms with Gasteiger partial charge < -0.3 is 11.1 Å². The van der Waals surface area contributed by atoms with E-state index in [0.29, 0.717) is 18.6 Å². The Labute approximate surface area is 130 Å². The highest BCUT2D eigenvalue weighted by Gasteiger charge is 2.39. The SMILES string of the molecule is NC(=O)CN1CCC(N[C@@H]2CC[C@@H]3SCCS[C@H]32)CC1. The number of thioether (sulfide) groups is 2. The van der Waals surface area contributed by atoms with Crippen LogP contribution in [0.2, 0.25) is 0 Å². The average molecular weight is 316 g/mol. The van der Waals surface area contributed by atoms with Crippen LogP contribution in [0.3, 0.4) is 0 Å². The number of likely N-dealkylation sites (tertiary alicyclic amines) is 1. The predicted molar refractivity (Wildman–Crippen MR) is 87.3 cm³/mol. The Hall–Kier alpha value is 0.0900. The number of carbonyl (C=O) groups excluding carboxylic acids is 1. The number of piperidine rings is 1. The molecule has 3 N–H and O–H groups in total. The highest BCUT2D eigenvalue weighted by atomic mass is 32.2. The van der Waals surface area contributed by atoms with E-state index in [2.05, 4.69) is 33.7 Å². The van der Waals surface area contributed by atoms with Gasteiger partial charge in [0.2, 0.25) is 5.91 Å². The summed E-state index contributed by atoms with van der Waals surface area (Å²) in [6.07, 6.45) is 5.04. The Morgan fingerprint density at radius 3 is 2.65 bits per heavy atom. The largest absolute Gasteiger partial charge is 0.369 e. The van der Waals surface area contributed by atoms with Gasteiger partial charge in [-0.1, -0.05) is 0 Å². The van der Waals surface area contributed by atoms with Gasteiger partial charge in [0.1, 0.15) is 0 Å². The van der Waals surface area contributed by atoms with Gasteiger partial charge in [-0.3, -0.25) is 9.69 Å². The molecule has 0 unspecified atom stereocenters. The second-order valence-electron chi connectivity index (χ2n) is 6.11. The number of fused-ring (bicyclic) bond motifs is 1. The van der Waals surface area contributed by atoms with Crippen LogP contribution in [0.4, 0.5) is 0 Å². The number of hydrogen-bond donors (Lipinski definition) is 2. The van der Waals surface area contributed by atoms with Crippen molar-refractivity contribution in [2.24, 2.45) is 5.73 Å². The van der Waals surface area contributed by atoms with Gasteiger partial charge in [0.15, 0.2) is 0 Å². The van der Waals surface area contributed by atoms with E-state index in [1.807, 2.05) is 0 Å². The molecule has 1 aliphatic carbocycles. The smallest absolute Gasteiger partial charge is 0.231 e. The van der Waals surface area contributed by atoms with E-state index in [1.54, 1.807) is 0 Å². The number of nitrogens with two attached hydrogens (primary N) is 1. The van der Waals surface area contributed by atoms with Gasteiger partial charge in [0.25, 0.3) is 0 Å². The fourth-order valence-electron chi connectivity index (χ4n) is 3.68. The van der Waals surface area contributed by atoms with Crippen molar-refractivity contribution in [3.05, 3.63) is 0 Å². The van der Waals surface area contributed by atoms with Crippen molar-refractivity contribution in [2.45, 2.75) is 48.3 Å². The van der Waals surface area contributed by atoms with E-state index in [0.717, 1.165) is 36.4 Å². The molecule has 3 aliphatic rings. The Balaban J connectivity index is 1.44. The maximum atomic E-state index is 10.9. The molecule has 0 radical (unpaired) electrons. The quantitative estimate of drug-likeness (QED) is 0.807. The zero-order valence-electron chi connectivity index (χ0n) is 11.9. The molecule has 114 valence electrons. The third-order valence-corrected chi connectivity index (χ3v) is 7.98. The van der Waals surface area contributed by atoms with Gasteiger partial charge in [0, 0.05) is 47.2 Å². The molecule has 0 aromatic carbocycles. The van der Waals surface area contributed by atoms with Crippen LogP contribution in [0.15, 0.2) is 0 Å². The molecule has 6 heteroatoms. The van der Waals surface area contributed by atoms with Gasteiger partial charge in [-0.05, 0) is 25.7 Å². The fraction of sp³-hybridized carbons (Fsp3) is 0.929. The molecule has 3 atom stereocenters. The molecule has 2 aliphatic heterocycles. The molecule has 0 aromatic heterocycles. The molecule has 20 heavy (non-hydrogen) atoms. The molecular weight excluding hydrogens is 290 g/mol. The van der Waals surface area contributed by atoms with Crippen LogP contribution in [-0.2, 0) is 4.79 Å². The minimum absolute atomic E-state index is 0.203. The van der Waals surface area contributed by atoms with Gasteiger partial charge in [-0.25, -0.2) is 0 Å². The number of nitrogens with one attached hydrogen (secondary N) is 1. The topological polar surface area (TPSA) is 58.4 Å². The number of primary amides is 1. The molecular formula is C14H25N3OS2.